The summed E-state index contributed by atoms with van der Waals surface area (Å²) in [7, 11) is 1.57. The zero-order valence-corrected chi connectivity index (χ0v) is 15.6. The number of aromatic nitrogens is 3. The Bertz CT molecular complexity index is 953. The molecular weight excluding hydrogens is 370 g/mol. The molecule has 0 spiro atoms. The van der Waals surface area contributed by atoms with Crippen molar-refractivity contribution in [2.24, 2.45) is 0 Å². The van der Waals surface area contributed by atoms with Gasteiger partial charge in [0.2, 0.25) is 5.91 Å². The van der Waals surface area contributed by atoms with Gasteiger partial charge in [0.15, 0.2) is 0 Å². The smallest absolute Gasteiger partial charge is 0.346 e. The van der Waals surface area contributed by atoms with Gasteiger partial charge in [0.1, 0.15) is 17.6 Å². The quantitative estimate of drug-likeness (QED) is 0.796. The first kappa shape index (κ1) is 18.6. The van der Waals surface area contributed by atoms with Crippen LogP contribution in [0.25, 0.3) is 0 Å². The van der Waals surface area contributed by atoms with E-state index in [4.69, 9.17) is 4.74 Å². The van der Waals surface area contributed by atoms with E-state index in [2.05, 4.69) is 5.10 Å². The molecule has 2 aromatic rings. The molecule has 1 aromatic heterocycles. The topological polar surface area (TPSA) is 69.4 Å². The fourth-order valence-corrected chi connectivity index (χ4v) is 3.95. The summed E-state index contributed by atoms with van der Waals surface area (Å²) in [4.78, 5) is 26.9. The van der Waals surface area contributed by atoms with Crippen LogP contribution in [-0.4, -0.2) is 51.3 Å². The highest BCUT2D eigenvalue weighted by Gasteiger charge is 2.43. The van der Waals surface area contributed by atoms with Gasteiger partial charge in [-0.05, 0) is 30.5 Å². The number of halogens is 2. The highest BCUT2D eigenvalue weighted by Crippen LogP contribution is 2.31. The summed E-state index contributed by atoms with van der Waals surface area (Å²) in [6.07, 6.45) is 1.40. The number of rotatable bonds is 4. The van der Waals surface area contributed by atoms with Gasteiger partial charge in [-0.25, -0.2) is 18.3 Å². The van der Waals surface area contributed by atoms with Gasteiger partial charge in [-0.1, -0.05) is 12.1 Å². The van der Waals surface area contributed by atoms with Crippen LogP contribution in [0.15, 0.2) is 29.1 Å². The van der Waals surface area contributed by atoms with E-state index in [-0.39, 0.29) is 25.2 Å². The Morgan fingerprint density at radius 3 is 2.93 bits per heavy atom. The van der Waals surface area contributed by atoms with Crippen LogP contribution < -0.4 is 10.4 Å². The van der Waals surface area contributed by atoms with E-state index in [0.717, 1.165) is 5.56 Å². The lowest BCUT2D eigenvalue weighted by Crippen LogP contribution is -2.42. The predicted octanol–water partition coefficient (Wildman–Crippen LogP) is 1.85. The molecule has 1 amide bonds. The molecule has 0 saturated carbocycles. The van der Waals surface area contributed by atoms with Crippen molar-refractivity contribution in [3.63, 3.8) is 0 Å². The summed E-state index contributed by atoms with van der Waals surface area (Å²) < 4.78 is 35.0. The zero-order valence-electron chi connectivity index (χ0n) is 15.6. The number of methoxy groups -OCH3 is 1. The fraction of sp³-hybridized carbons (Fsp3) is 0.526. The second kappa shape index (κ2) is 7.03. The number of alkyl halides is 2. The number of benzene rings is 1. The molecule has 1 unspecified atom stereocenters. The molecule has 1 fully saturated rings. The van der Waals surface area contributed by atoms with Crippen molar-refractivity contribution < 1.29 is 18.3 Å². The van der Waals surface area contributed by atoms with Crippen LogP contribution in [0, 0.1) is 0 Å². The average Bonchev–Trinajstić information content (AvgIpc) is 3.21. The van der Waals surface area contributed by atoms with E-state index in [1.165, 1.54) is 14.1 Å². The van der Waals surface area contributed by atoms with Gasteiger partial charge in [-0.2, -0.15) is 5.10 Å². The first-order valence-electron chi connectivity index (χ1n) is 9.36. The molecule has 0 radical (unpaired) electrons. The molecule has 0 N–H and O–H groups in total. The highest BCUT2D eigenvalue weighted by atomic mass is 19.3. The van der Waals surface area contributed by atoms with Gasteiger partial charge in [0, 0.05) is 19.4 Å². The van der Waals surface area contributed by atoms with Gasteiger partial charge in [0.05, 0.1) is 20.2 Å². The lowest BCUT2D eigenvalue weighted by molar-refractivity contribution is -0.135. The normalized spacial score (nSPS) is 20.8. The molecule has 0 bridgehead atoms. The van der Waals surface area contributed by atoms with E-state index < -0.39 is 24.4 Å². The highest BCUT2D eigenvalue weighted by molar-refractivity contribution is 5.81. The molecule has 1 aromatic carbocycles. The maximum atomic E-state index is 13.5. The molecule has 9 heteroatoms. The van der Waals surface area contributed by atoms with Crippen LogP contribution in [0.4, 0.5) is 8.78 Å². The molecule has 7 nitrogen and oxygen atoms in total. The lowest BCUT2D eigenvalue weighted by Gasteiger charge is -2.27. The first-order valence-corrected chi connectivity index (χ1v) is 9.36. The molecule has 28 heavy (non-hydrogen) atoms. The third-order valence-corrected chi connectivity index (χ3v) is 5.36. The van der Waals surface area contributed by atoms with Gasteiger partial charge in [-0.3, -0.25) is 9.36 Å². The number of hydrogen-bond acceptors (Lipinski definition) is 4. The fourth-order valence-electron chi connectivity index (χ4n) is 3.95. The summed E-state index contributed by atoms with van der Waals surface area (Å²) in [5.41, 5.74) is 0.459. The van der Waals surface area contributed by atoms with Crippen LogP contribution in [0.1, 0.15) is 36.7 Å². The Balaban J connectivity index is 1.61. The van der Waals surface area contributed by atoms with E-state index in [9.17, 15) is 18.4 Å². The van der Waals surface area contributed by atoms with Crippen molar-refractivity contribution in [1.29, 1.82) is 0 Å². The molecule has 1 atom stereocenters. The first-order chi connectivity index (χ1) is 13.4. The number of ether oxygens (including phenoxy) is 1. The monoisotopic (exact) mass is 392 g/mol. The Morgan fingerprint density at radius 2 is 2.21 bits per heavy atom. The molecular formula is C19H22F2N4O3. The van der Waals surface area contributed by atoms with Crippen LogP contribution in [0.3, 0.4) is 0 Å². The summed E-state index contributed by atoms with van der Waals surface area (Å²) >= 11 is 0. The van der Waals surface area contributed by atoms with E-state index in [0.29, 0.717) is 30.8 Å². The molecule has 1 saturated heterocycles. The number of nitrogens with zero attached hydrogens (tertiary/aromatic N) is 4. The summed E-state index contributed by atoms with van der Waals surface area (Å²) in [6, 6.07) is 6.56. The number of carbonyl (C=O) groups is 1. The van der Waals surface area contributed by atoms with Gasteiger partial charge < -0.3 is 9.64 Å². The Morgan fingerprint density at radius 1 is 1.39 bits per heavy atom. The molecule has 2 aliphatic rings. The molecule has 4 rings (SSSR count). The third kappa shape index (κ3) is 3.41. The van der Waals surface area contributed by atoms with Crippen LogP contribution in [0.5, 0.6) is 5.75 Å². The maximum absolute atomic E-state index is 13.5. The number of hydrogen-bond donors (Lipinski definition) is 0. The Hall–Kier alpha value is -2.71. The van der Waals surface area contributed by atoms with E-state index >= 15 is 0 Å². The number of likely N-dealkylation sites (tertiary alicyclic amines) is 1. The predicted molar refractivity (Wildman–Crippen MR) is 96.7 cm³/mol. The Kier molecular flexibility index (Phi) is 4.68. The van der Waals surface area contributed by atoms with E-state index in [1.807, 2.05) is 24.3 Å². The van der Waals surface area contributed by atoms with Crippen molar-refractivity contribution >= 4 is 5.91 Å². The second-order valence-corrected chi connectivity index (χ2v) is 7.35. The Labute approximate surface area is 160 Å². The van der Waals surface area contributed by atoms with Crippen LogP contribution >= 0.6 is 0 Å². The third-order valence-electron chi connectivity index (χ3n) is 5.36. The summed E-state index contributed by atoms with van der Waals surface area (Å²) in [6.45, 7) is -0.312. The van der Waals surface area contributed by atoms with Gasteiger partial charge in [-0.15, -0.1) is 0 Å². The largest absolute Gasteiger partial charge is 0.497 e. The minimum Gasteiger partial charge on any atom is -0.497 e. The SMILES string of the molecule is COc1cccc(Cn2nc3n(c2=O)C(C(=O)N2CCC(F)(F)C2)CCC3)c1. The van der Waals surface area contributed by atoms with Crippen molar-refractivity contribution in [3.8, 4) is 5.75 Å². The maximum Gasteiger partial charge on any atom is 0.346 e. The van der Waals surface area contributed by atoms with Crippen molar-refractivity contribution in [1.82, 2.24) is 19.2 Å². The van der Waals surface area contributed by atoms with Crippen molar-refractivity contribution in [2.45, 2.75) is 44.2 Å². The molecule has 2 aliphatic heterocycles. The van der Waals surface area contributed by atoms with Gasteiger partial charge >= 0.3 is 5.69 Å². The minimum atomic E-state index is -2.85. The average molecular weight is 392 g/mol. The minimum absolute atomic E-state index is 0.0182. The lowest BCUT2D eigenvalue weighted by atomic mass is 10.0. The zero-order chi connectivity index (χ0) is 19.9. The second-order valence-electron chi connectivity index (χ2n) is 7.35. The van der Waals surface area contributed by atoms with Crippen molar-refractivity contribution in [2.75, 3.05) is 20.2 Å². The van der Waals surface area contributed by atoms with Crippen LogP contribution in [0.2, 0.25) is 0 Å². The number of carbonyl (C=O) groups excluding carboxylic acids is 1. The van der Waals surface area contributed by atoms with Crippen molar-refractivity contribution in [3.05, 3.63) is 46.1 Å². The summed E-state index contributed by atoms with van der Waals surface area (Å²) in [5, 5.41) is 4.40. The number of amides is 1. The molecule has 150 valence electrons. The molecule has 0 aliphatic carbocycles. The molecule has 3 heterocycles. The number of aryl methyl sites for hydroxylation is 1. The number of fused-ring (bicyclic) bond motifs is 1. The standard InChI is InChI=1S/C19H22F2N4O3/c1-28-14-5-2-4-13(10-14)11-24-18(27)25-15(6-3-7-16(25)22-24)17(26)23-9-8-19(20,21)12-23/h2,4-5,10,15H,3,6-9,11-12H2,1H3. The van der Waals surface area contributed by atoms with E-state index in [1.54, 1.807) is 7.11 Å². The van der Waals surface area contributed by atoms with Crippen LogP contribution in [-0.2, 0) is 17.8 Å². The summed E-state index contributed by atoms with van der Waals surface area (Å²) in [5.74, 6) is -2.06. The van der Waals surface area contributed by atoms with Gasteiger partial charge in [0.25, 0.3) is 5.92 Å².